The lowest BCUT2D eigenvalue weighted by atomic mass is 10.0. The summed E-state index contributed by atoms with van der Waals surface area (Å²) in [5.41, 5.74) is 1.87. The maximum absolute atomic E-state index is 12.3. The number of aromatic nitrogens is 1. The molecule has 1 aromatic carbocycles. The van der Waals surface area contributed by atoms with Crippen molar-refractivity contribution in [1.29, 1.82) is 0 Å². The van der Waals surface area contributed by atoms with Gasteiger partial charge in [0.2, 0.25) is 5.91 Å². The molecule has 1 unspecified atom stereocenters. The van der Waals surface area contributed by atoms with Crippen LogP contribution in [0.3, 0.4) is 0 Å². The van der Waals surface area contributed by atoms with Gasteiger partial charge in [0.15, 0.2) is 0 Å². The number of para-hydroxylation sites is 1. The van der Waals surface area contributed by atoms with Crippen molar-refractivity contribution < 1.29 is 14.7 Å². The molecule has 1 aromatic heterocycles. The van der Waals surface area contributed by atoms with Crippen LogP contribution in [-0.4, -0.2) is 28.0 Å². The molecule has 0 aliphatic rings. The van der Waals surface area contributed by atoms with Gasteiger partial charge in [-0.3, -0.25) is 4.79 Å². The number of carboxylic acids is 1. The number of amides is 1. The molecule has 0 aliphatic heterocycles. The monoisotopic (exact) mass is 466 g/mol. The van der Waals surface area contributed by atoms with Gasteiger partial charge in [-0.1, -0.05) is 81.5 Å². The average molecular weight is 467 g/mol. The minimum atomic E-state index is -1.00. The lowest BCUT2D eigenvalue weighted by Crippen LogP contribution is -2.42. The zero-order valence-corrected chi connectivity index (χ0v) is 20.7. The number of H-pyrrole nitrogens is 1. The van der Waals surface area contributed by atoms with Crippen LogP contribution in [0.25, 0.3) is 10.9 Å². The molecule has 0 fully saturated rings. The third-order valence-corrected chi connectivity index (χ3v) is 6.09. The SMILES string of the molecule is CCCCCC=CCC=CCCCCCCCC(=O)NC(Cc1c[nH]c2ccccc12)C(=O)O. The Morgan fingerprint density at radius 3 is 2.35 bits per heavy atom. The molecule has 0 spiro atoms. The topological polar surface area (TPSA) is 82.2 Å². The van der Waals surface area contributed by atoms with Gasteiger partial charge in [-0.25, -0.2) is 4.79 Å². The second kappa shape index (κ2) is 16.7. The van der Waals surface area contributed by atoms with E-state index in [4.69, 9.17) is 0 Å². The molecule has 0 radical (unpaired) electrons. The third kappa shape index (κ3) is 10.9. The van der Waals surface area contributed by atoms with Crippen LogP contribution in [0.15, 0.2) is 54.8 Å². The van der Waals surface area contributed by atoms with Crippen LogP contribution in [-0.2, 0) is 16.0 Å². The van der Waals surface area contributed by atoms with Crippen LogP contribution in [0.4, 0.5) is 0 Å². The fourth-order valence-corrected chi connectivity index (χ4v) is 4.08. The van der Waals surface area contributed by atoms with Crippen molar-refractivity contribution in [3.63, 3.8) is 0 Å². The van der Waals surface area contributed by atoms with Crippen molar-refractivity contribution in [3.05, 3.63) is 60.3 Å². The molecule has 34 heavy (non-hydrogen) atoms. The lowest BCUT2D eigenvalue weighted by Gasteiger charge is -2.14. The summed E-state index contributed by atoms with van der Waals surface area (Å²) in [5.74, 6) is -1.18. The number of carboxylic acid groups (broad SMARTS) is 1. The van der Waals surface area contributed by atoms with Gasteiger partial charge in [-0.2, -0.15) is 0 Å². The molecule has 0 aliphatic carbocycles. The summed E-state index contributed by atoms with van der Waals surface area (Å²) >= 11 is 0. The summed E-state index contributed by atoms with van der Waals surface area (Å²) in [6, 6.07) is 6.87. The number of unbranched alkanes of at least 4 members (excludes halogenated alkanes) is 8. The van der Waals surface area contributed by atoms with E-state index >= 15 is 0 Å². The van der Waals surface area contributed by atoms with E-state index in [1.54, 1.807) is 0 Å². The molecule has 0 saturated carbocycles. The first-order chi connectivity index (χ1) is 16.6. The van der Waals surface area contributed by atoms with Crippen LogP contribution >= 0.6 is 0 Å². The van der Waals surface area contributed by atoms with Crippen molar-refractivity contribution in [3.8, 4) is 0 Å². The Bertz CT molecular complexity index is 913. The van der Waals surface area contributed by atoms with Gasteiger partial charge >= 0.3 is 5.97 Å². The number of carbonyl (C=O) groups excluding carboxylic acids is 1. The molecule has 5 nitrogen and oxygen atoms in total. The van der Waals surface area contributed by atoms with E-state index in [9.17, 15) is 14.7 Å². The average Bonchev–Trinajstić information content (AvgIpc) is 3.24. The van der Waals surface area contributed by atoms with Crippen molar-refractivity contribution in [2.45, 2.75) is 96.4 Å². The number of fused-ring (bicyclic) bond motifs is 1. The molecule has 2 aromatic rings. The smallest absolute Gasteiger partial charge is 0.326 e. The van der Waals surface area contributed by atoms with E-state index in [1.165, 1.54) is 32.1 Å². The molecule has 1 heterocycles. The van der Waals surface area contributed by atoms with Gasteiger partial charge in [-0.15, -0.1) is 0 Å². The summed E-state index contributed by atoms with van der Waals surface area (Å²) in [6.07, 6.45) is 24.0. The van der Waals surface area contributed by atoms with E-state index in [-0.39, 0.29) is 12.3 Å². The number of benzene rings is 1. The maximum Gasteiger partial charge on any atom is 0.326 e. The van der Waals surface area contributed by atoms with Gasteiger partial charge in [0.1, 0.15) is 6.04 Å². The minimum absolute atomic E-state index is 0.182. The highest BCUT2D eigenvalue weighted by atomic mass is 16.4. The normalized spacial score (nSPS) is 12.6. The molecular formula is C29H42N2O3. The van der Waals surface area contributed by atoms with Crippen LogP contribution < -0.4 is 5.32 Å². The number of aromatic amines is 1. The summed E-state index contributed by atoms with van der Waals surface area (Å²) in [6.45, 7) is 2.23. The number of carbonyl (C=O) groups is 2. The number of allylic oxidation sites excluding steroid dienone is 4. The summed E-state index contributed by atoms with van der Waals surface area (Å²) in [4.78, 5) is 27.1. The highest BCUT2D eigenvalue weighted by Gasteiger charge is 2.21. The van der Waals surface area contributed by atoms with Gasteiger partial charge in [0.25, 0.3) is 0 Å². The highest BCUT2D eigenvalue weighted by molar-refractivity contribution is 5.86. The quantitative estimate of drug-likeness (QED) is 0.162. The zero-order valence-electron chi connectivity index (χ0n) is 20.7. The molecule has 0 saturated heterocycles. The van der Waals surface area contributed by atoms with Gasteiger partial charge in [-0.05, 0) is 50.2 Å². The van der Waals surface area contributed by atoms with Crippen molar-refractivity contribution in [2.24, 2.45) is 0 Å². The van der Waals surface area contributed by atoms with Crippen LogP contribution in [0.5, 0.6) is 0 Å². The second-order valence-corrected chi connectivity index (χ2v) is 9.00. The fourth-order valence-electron chi connectivity index (χ4n) is 4.08. The van der Waals surface area contributed by atoms with E-state index in [2.05, 4.69) is 41.5 Å². The molecule has 2 rings (SSSR count). The van der Waals surface area contributed by atoms with Gasteiger partial charge in [0.05, 0.1) is 0 Å². The zero-order chi connectivity index (χ0) is 24.4. The largest absolute Gasteiger partial charge is 0.480 e. The van der Waals surface area contributed by atoms with E-state index < -0.39 is 12.0 Å². The molecule has 186 valence electrons. The predicted molar refractivity (Wildman–Crippen MR) is 141 cm³/mol. The summed E-state index contributed by atoms with van der Waals surface area (Å²) in [5, 5.41) is 13.3. The van der Waals surface area contributed by atoms with Crippen molar-refractivity contribution >= 4 is 22.8 Å². The molecule has 1 amide bonds. The first-order valence-corrected chi connectivity index (χ1v) is 13.0. The Hall–Kier alpha value is -2.82. The number of rotatable bonds is 18. The molecular weight excluding hydrogens is 424 g/mol. The van der Waals surface area contributed by atoms with Crippen molar-refractivity contribution in [1.82, 2.24) is 10.3 Å². The Kier molecular flexibility index (Phi) is 13.5. The highest BCUT2D eigenvalue weighted by Crippen LogP contribution is 2.19. The van der Waals surface area contributed by atoms with E-state index in [0.29, 0.717) is 6.42 Å². The number of aliphatic carboxylic acids is 1. The fraction of sp³-hybridized carbons (Fsp3) is 0.517. The molecule has 5 heteroatoms. The van der Waals surface area contributed by atoms with Crippen LogP contribution in [0.2, 0.25) is 0 Å². The predicted octanol–water partition coefficient (Wildman–Crippen LogP) is 7.09. The molecule has 0 bridgehead atoms. The standard InChI is InChI=1S/C29H42N2O3/c1-2-3-4-5-6-7-8-9-10-11-12-13-14-15-16-21-28(32)31-27(29(33)34)22-24-23-30-26-20-18-17-19-25(24)26/h6-7,9-10,17-20,23,27,30H,2-5,8,11-16,21-22H2,1H3,(H,31,32)(H,33,34). The summed E-state index contributed by atoms with van der Waals surface area (Å²) in [7, 11) is 0. The van der Waals surface area contributed by atoms with Gasteiger partial charge < -0.3 is 15.4 Å². The summed E-state index contributed by atoms with van der Waals surface area (Å²) < 4.78 is 0. The van der Waals surface area contributed by atoms with Crippen LogP contribution in [0.1, 0.15) is 89.5 Å². The van der Waals surface area contributed by atoms with E-state index in [1.807, 2.05) is 30.5 Å². The number of nitrogens with one attached hydrogen (secondary N) is 2. The number of hydrogen-bond donors (Lipinski definition) is 3. The molecule has 1 atom stereocenters. The Morgan fingerprint density at radius 1 is 0.941 bits per heavy atom. The van der Waals surface area contributed by atoms with Crippen molar-refractivity contribution in [2.75, 3.05) is 0 Å². The first-order valence-electron chi connectivity index (χ1n) is 13.0. The number of hydrogen-bond acceptors (Lipinski definition) is 2. The Labute approximate surface area is 204 Å². The minimum Gasteiger partial charge on any atom is -0.480 e. The third-order valence-electron chi connectivity index (χ3n) is 6.09. The first kappa shape index (κ1) is 27.4. The second-order valence-electron chi connectivity index (χ2n) is 9.00. The Balaban J connectivity index is 1.54. The lowest BCUT2D eigenvalue weighted by molar-refractivity contribution is -0.141. The van der Waals surface area contributed by atoms with E-state index in [0.717, 1.165) is 55.0 Å². The van der Waals surface area contributed by atoms with Gasteiger partial charge in [0, 0.05) is 29.9 Å². The maximum atomic E-state index is 12.3. The Morgan fingerprint density at radius 2 is 1.62 bits per heavy atom. The molecule has 3 N–H and O–H groups in total. The van der Waals surface area contributed by atoms with Crippen LogP contribution in [0, 0.1) is 0 Å².